The standard InChI is InChI=1S/C22H19N3O2S2/c1-14-4-2-5-18-21(14)16(13-29-18)11-17-22(28-9-3-6-20(26)27)24-19-10-15(12-23)7-8-25(17)19/h2,4-5,7-8,10,13H,3,6,9,11H2,1H3,(H,26,27). The van der Waals surface area contributed by atoms with Gasteiger partial charge in [0.1, 0.15) is 10.7 Å². The number of hydrogen-bond acceptors (Lipinski definition) is 5. The first-order chi connectivity index (χ1) is 14.1. The van der Waals surface area contributed by atoms with Crippen molar-refractivity contribution in [2.45, 2.75) is 31.2 Å². The molecule has 0 aliphatic carbocycles. The molecule has 0 atom stereocenters. The van der Waals surface area contributed by atoms with Crippen LogP contribution in [0.25, 0.3) is 15.7 Å². The largest absolute Gasteiger partial charge is 0.481 e. The van der Waals surface area contributed by atoms with Crippen LogP contribution < -0.4 is 0 Å². The smallest absolute Gasteiger partial charge is 0.303 e. The number of carboxylic acid groups (broad SMARTS) is 1. The summed E-state index contributed by atoms with van der Waals surface area (Å²) in [5.74, 6) is -0.0859. The highest BCUT2D eigenvalue weighted by Gasteiger charge is 2.16. The number of nitrogens with zero attached hydrogens (tertiary/aromatic N) is 3. The highest BCUT2D eigenvalue weighted by atomic mass is 32.2. The van der Waals surface area contributed by atoms with Crippen LogP contribution in [0.2, 0.25) is 0 Å². The fraction of sp³-hybridized carbons (Fsp3) is 0.227. The number of thiophene rings is 1. The second-order valence-corrected chi connectivity index (χ2v) is 8.85. The summed E-state index contributed by atoms with van der Waals surface area (Å²) < 4.78 is 3.32. The molecule has 4 aromatic rings. The van der Waals surface area contributed by atoms with E-state index in [0.29, 0.717) is 17.7 Å². The zero-order valence-corrected chi connectivity index (χ0v) is 17.5. The molecular formula is C22H19N3O2S2. The number of aliphatic carboxylic acids is 1. The monoisotopic (exact) mass is 421 g/mol. The van der Waals surface area contributed by atoms with Gasteiger partial charge in [-0.2, -0.15) is 5.26 Å². The van der Waals surface area contributed by atoms with Gasteiger partial charge in [-0.15, -0.1) is 23.1 Å². The molecule has 1 N–H and O–H groups in total. The summed E-state index contributed by atoms with van der Waals surface area (Å²) in [5, 5.41) is 22.5. The Kier molecular flexibility index (Phi) is 5.56. The van der Waals surface area contributed by atoms with Crippen LogP contribution in [0, 0.1) is 18.3 Å². The van der Waals surface area contributed by atoms with Crippen LogP contribution in [0.4, 0.5) is 0 Å². The molecule has 3 heterocycles. The van der Waals surface area contributed by atoms with Crippen molar-refractivity contribution in [2.24, 2.45) is 0 Å². The lowest BCUT2D eigenvalue weighted by Gasteiger charge is -2.06. The van der Waals surface area contributed by atoms with Crippen molar-refractivity contribution in [3.63, 3.8) is 0 Å². The molecule has 4 rings (SSSR count). The molecule has 0 fully saturated rings. The van der Waals surface area contributed by atoms with Gasteiger partial charge in [-0.1, -0.05) is 12.1 Å². The highest BCUT2D eigenvalue weighted by molar-refractivity contribution is 7.99. The molecule has 0 aliphatic heterocycles. The van der Waals surface area contributed by atoms with Crippen LogP contribution in [0.15, 0.2) is 46.9 Å². The van der Waals surface area contributed by atoms with Crippen molar-refractivity contribution < 1.29 is 9.90 Å². The predicted octanol–water partition coefficient (Wildman–Crippen LogP) is 5.28. The Bertz CT molecular complexity index is 1250. The lowest BCUT2D eigenvalue weighted by Crippen LogP contribution is -1.98. The predicted molar refractivity (Wildman–Crippen MR) is 117 cm³/mol. The number of carbonyl (C=O) groups is 1. The molecular weight excluding hydrogens is 402 g/mol. The summed E-state index contributed by atoms with van der Waals surface area (Å²) in [7, 11) is 0. The quantitative estimate of drug-likeness (QED) is 0.325. The van der Waals surface area contributed by atoms with Gasteiger partial charge >= 0.3 is 5.97 Å². The highest BCUT2D eigenvalue weighted by Crippen LogP contribution is 2.33. The molecule has 3 aromatic heterocycles. The van der Waals surface area contributed by atoms with E-state index < -0.39 is 5.97 Å². The van der Waals surface area contributed by atoms with E-state index in [9.17, 15) is 10.1 Å². The van der Waals surface area contributed by atoms with Gasteiger partial charge < -0.3 is 9.51 Å². The van der Waals surface area contributed by atoms with E-state index >= 15 is 0 Å². The Hall–Kier alpha value is -2.82. The number of rotatable bonds is 7. The summed E-state index contributed by atoms with van der Waals surface area (Å²) in [5.41, 5.74) is 4.92. The summed E-state index contributed by atoms with van der Waals surface area (Å²) in [6.07, 6.45) is 3.39. The molecule has 0 saturated carbocycles. The first-order valence-corrected chi connectivity index (χ1v) is 11.1. The number of benzene rings is 1. The first-order valence-electron chi connectivity index (χ1n) is 9.28. The lowest BCUT2D eigenvalue weighted by molar-refractivity contribution is -0.137. The maximum absolute atomic E-state index is 10.8. The van der Waals surface area contributed by atoms with Gasteiger partial charge in [0.2, 0.25) is 0 Å². The lowest BCUT2D eigenvalue weighted by atomic mass is 10.0. The molecule has 0 aliphatic rings. The molecule has 0 spiro atoms. The summed E-state index contributed by atoms with van der Waals surface area (Å²) in [4.78, 5) is 15.6. The van der Waals surface area contributed by atoms with Crippen LogP contribution in [0.3, 0.4) is 0 Å². The van der Waals surface area contributed by atoms with Crippen LogP contribution in [-0.2, 0) is 11.2 Å². The van der Waals surface area contributed by atoms with Gasteiger partial charge in [0, 0.05) is 29.5 Å². The van der Waals surface area contributed by atoms with E-state index in [1.165, 1.54) is 21.2 Å². The number of pyridine rings is 1. The van der Waals surface area contributed by atoms with Crippen LogP contribution in [0.5, 0.6) is 0 Å². The molecule has 0 radical (unpaired) electrons. The first kappa shape index (κ1) is 19.5. The Labute approximate surface area is 176 Å². The number of hydrogen-bond donors (Lipinski definition) is 1. The number of carboxylic acids is 1. The number of nitriles is 1. The summed E-state index contributed by atoms with van der Waals surface area (Å²) in [6, 6.07) is 12.1. The Balaban J connectivity index is 1.73. The minimum Gasteiger partial charge on any atom is -0.481 e. The van der Waals surface area contributed by atoms with E-state index in [0.717, 1.165) is 22.8 Å². The third kappa shape index (κ3) is 4.00. The maximum atomic E-state index is 10.8. The molecule has 0 saturated heterocycles. The molecule has 0 amide bonds. The fourth-order valence-corrected chi connectivity index (χ4v) is 5.48. The van der Waals surface area contributed by atoms with Crippen LogP contribution in [-0.4, -0.2) is 26.2 Å². The summed E-state index contributed by atoms with van der Waals surface area (Å²) >= 11 is 3.33. The van der Waals surface area contributed by atoms with E-state index in [4.69, 9.17) is 10.1 Å². The van der Waals surface area contributed by atoms with Gasteiger partial charge in [-0.3, -0.25) is 4.79 Å². The number of aromatic nitrogens is 2. The Morgan fingerprint density at radius 2 is 2.24 bits per heavy atom. The number of aryl methyl sites for hydroxylation is 1. The van der Waals surface area contributed by atoms with E-state index in [1.807, 2.05) is 10.6 Å². The van der Waals surface area contributed by atoms with Gasteiger partial charge in [-0.05, 0) is 53.4 Å². The van der Waals surface area contributed by atoms with Crippen molar-refractivity contribution in [3.8, 4) is 6.07 Å². The van der Waals surface area contributed by atoms with Crippen LogP contribution >= 0.6 is 23.1 Å². The second kappa shape index (κ2) is 8.27. The van der Waals surface area contributed by atoms with E-state index in [2.05, 4.69) is 36.6 Å². The van der Waals surface area contributed by atoms with Crippen molar-refractivity contribution in [1.82, 2.24) is 9.38 Å². The zero-order chi connectivity index (χ0) is 20.4. The number of imidazole rings is 1. The molecule has 146 valence electrons. The molecule has 1 aromatic carbocycles. The van der Waals surface area contributed by atoms with E-state index in [-0.39, 0.29) is 6.42 Å². The molecule has 0 unspecified atom stereocenters. The Morgan fingerprint density at radius 1 is 1.38 bits per heavy atom. The normalized spacial score (nSPS) is 11.2. The van der Waals surface area contributed by atoms with Crippen molar-refractivity contribution in [3.05, 3.63) is 64.3 Å². The van der Waals surface area contributed by atoms with Crippen LogP contribution in [0.1, 0.15) is 35.2 Å². The minimum absolute atomic E-state index is 0.155. The molecule has 0 bridgehead atoms. The molecule has 29 heavy (non-hydrogen) atoms. The number of thioether (sulfide) groups is 1. The molecule has 5 nitrogen and oxygen atoms in total. The van der Waals surface area contributed by atoms with Crippen molar-refractivity contribution in [1.29, 1.82) is 5.26 Å². The summed E-state index contributed by atoms with van der Waals surface area (Å²) in [6.45, 7) is 2.13. The fourth-order valence-electron chi connectivity index (χ4n) is 3.47. The van der Waals surface area contributed by atoms with Gasteiger partial charge in [0.05, 0.1) is 17.3 Å². The topological polar surface area (TPSA) is 78.4 Å². The average molecular weight is 422 g/mol. The van der Waals surface area contributed by atoms with E-state index in [1.54, 1.807) is 35.2 Å². The van der Waals surface area contributed by atoms with Crippen molar-refractivity contribution >= 4 is 44.8 Å². The SMILES string of the molecule is Cc1cccc2scc(Cc3c(SCCCC(=O)O)nc4cc(C#N)ccn34)c12. The zero-order valence-electron chi connectivity index (χ0n) is 15.9. The molecule has 7 heteroatoms. The third-order valence-corrected chi connectivity index (χ3v) is 6.92. The average Bonchev–Trinajstić information content (AvgIpc) is 3.27. The number of fused-ring (bicyclic) bond motifs is 2. The van der Waals surface area contributed by atoms with Crippen molar-refractivity contribution in [2.75, 3.05) is 5.75 Å². The van der Waals surface area contributed by atoms with Gasteiger partial charge in [-0.25, -0.2) is 4.98 Å². The maximum Gasteiger partial charge on any atom is 0.303 e. The Morgan fingerprint density at radius 3 is 3.03 bits per heavy atom. The van der Waals surface area contributed by atoms with Gasteiger partial charge in [0.15, 0.2) is 0 Å². The third-order valence-electron chi connectivity index (χ3n) is 4.83. The van der Waals surface area contributed by atoms with Gasteiger partial charge in [0.25, 0.3) is 0 Å². The minimum atomic E-state index is -0.778. The second-order valence-electron chi connectivity index (χ2n) is 6.85.